The van der Waals surface area contributed by atoms with Crippen LogP contribution in [0.15, 0.2) is 247 Å². The first kappa shape index (κ1) is 32.5. The van der Waals surface area contributed by atoms with Gasteiger partial charge in [-0.25, -0.2) is 0 Å². The number of aromatic nitrogens is 2. The molecule has 0 radical (unpaired) electrons. The molecule has 0 atom stereocenters. The van der Waals surface area contributed by atoms with Gasteiger partial charge < -0.3 is 13.6 Å². The average molecular weight is 837 g/mol. The Labute approximate surface area is 376 Å². The average Bonchev–Trinajstić information content (AvgIpc) is 4.07. The summed E-state index contributed by atoms with van der Waals surface area (Å²) in [7, 11) is -3.17. The van der Waals surface area contributed by atoms with E-state index in [9.17, 15) is 5.48 Å². The summed E-state index contributed by atoms with van der Waals surface area (Å²) in [5, 5.41) is 9.84. The Balaban J connectivity index is 1.22. The second kappa shape index (κ2) is 14.5. The summed E-state index contributed by atoms with van der Waals surface area (Å²) < 4.78 is 49.2. The lowest BCUT2D eigenvalue weighted by molar-refractivity contribution is 0.669. The van der Waals surface area contributed by atoms with E-state index in [-0.39, 0.29) is 24.2 Å². The fourth-order valence-electron chi connectivity index (χ4n) is 10.5. The van der Waals surface area contributed by atoms with Crippen LogP contribution in [0.5, 0.6) is 0 Å². The molecule has 0 aliphatic carbocycles. The van der Waals surface area contributed by atoms with Crippen LogP contribution in [0.1, 0.15) is 5.48 Å². The number of rotatable bonds is 7. The van der Waals surface area contributed by atoms with Gasteiger partial charge in [-0.3, -0.25) is 0 Å². The SMILES string of the molecule is [2H]c1c([2H])c([2H])c2c(c1[2H])c1c(-n3c4ccccc4c4ccccc43)cc3oc4ccccc4c3c1n2-c1cccc([Si](c2ccccc2)(c2ccccc2)c2cccc(-c3ccccc3)c2)c1. The maximum atomic E-state index is 9.84. The van der Waals surface area contributed by atoms with Gasteiger partial charge >= 0.3 is 0 Å². The van der Waals surface area contributed by atoms with Gasteiger partial charge in [-0.1, -0.05) is 200 Å². The molecule has 13 aromatic rings. The molecular weight excluding hydrogens is 793 g/mol. The second-order valence-corrected chi connectivity index (χ2v) is 20.3. The smallest absolute Gasteiger partial charge is 0.179 e. The van der Waals surface area contributed by atoms with E-state index < -0.39 is 8.07 Å². The van der Waals surface area contributed by atoms with Gasteiger partial charge in [0.2, 0.25) is 0 Å². The quantitative estimate of drug-likeness (QED) is 0.116. The first-order chi connectivity index (χ1) is 33.4. The standard InChI is InChI=1S/C60H40N2OSi/c1-4-20-41(21-5-1)42-22-18-28-46(38-42)64(44-24-6-2-7-25-44,45-26-8-3-9-27-45)47-29-19-23-43(39-47)61-54-36-16-12-32-50(54)58-55(40-57-59(60(58)61)51-33-13-17-37-56(51)63-57)62-52-34-14-10-30-48(52)49-31-11-15-35-53(49)62/h1-40H/i12D,16D,32D,36D. The monoisotopic (exact) mass is 836 g/mol. The summed E-state index contributed by atoms with van der Waals surface area (Å²) in [6, 6.07) is 76.0. The highest BCUT2D eigenvalue weighted by molar-refractivity contribution is 7.20. The Morgan fingerprint density at radius 3 is 1.62 bits per heavy atom. The molecule has 13 rings (SSSR count). The molecule has 10 aromatic carbocycles. The van der Waals surface area contributed by atoms with E-state index in [1.54, 1.807) is 0 Å². The molecule has 0 amide bonds. The van der Waals surface area contributed by atoms with Crippen molar-refractivity contribution in [1.82, 2.24) is 9.13 Å². The largest absolute Gasteiger partial charge is 0.456 e. The lowest BCUT2D eigenvalue weighted by atomic mass is 10.1. The number of nitrogens with zero attached hydrogens (tertiary/aromatic N) is 2. The van der Waals surface area contributed by atoms with Gasteiger partial charge in [0.25, 0.3) is 0 Å². The predicted molar refractivity (Wildman–Crippen MR) is 271 cm³/mol. The first-order valence-electron chi connectivity index (χ1n) is 23.7. The molecule has 0 aliphatic rings. The van der Waals surface area contributed by atoms with Crippen molar-refractivity contribution in [2.75, 3.05) is 0 Å². The molecule has 0 saturated carbocycles. The van der Waals surface area contributed by atoms with Gasteiger partial charge in [0, 0.05) is 38.7 Å². The number of hydrogen-bond acceptors (Lipinski definition) is 1. The number of hydrogen-bond donors (Lipinski definition) is 0. The fourth-order valence-corrected chi connectivity index (χ4v) is 15.3. The predicted octanol–water partition coefficient (Wildman–Crippen LogP) is 12.8. The minimum Gasteiger partial charge on any atom is -0.456 e. The van der Waals surface area contributed by atoms with Crippen molar-refractivity contribution in [2.24, 2.45) is 0 Å². The maximum Gasteiger partial charge on any atom is 0.179 e. The first-order valence-corrected chi connectivity index (χ1v) is 23.7. The van der Waals surface area contributed by atoms with Crippen LogP contribution in [0.3, 0.4) is 0 Å². The van der Waals surface area contributed by atoms with Crippen LogP contribution in [0, 0.1) is 0 Å². The number of fused-ring (bicyclic) bond motifs is 10. The molecule has 3 aromatic heterocycles. The van der Waals surface area contributed by atoms with Crippen LogP contribution in [-0.4, -0.2) is 17.2 Å². The van der Waals surface area contributed by atoms with Crippen molar-refractivity contribution in [3.05, 3.63) is 243 Å². The highest BCUT2D eigenvalue weighted by Gasteiger charge is 2.42. The molecule has 64 heavy (non-hydrogen) atoms. The third-order valence-electron chi connectivity index (χ3n) is 13.2. The van der Waals surface area contributed by atoms with Crippen molar-refractivity contribution < 1.29 is 9.90 Å². The van der Waals surface area contributed by atoms with Crippen LogP contribution in [-0.2, 0) is 0 Å². The topological polar surface area (TPSA) is 23.0 Å². The van der Waals surface area contributed by atoms with Crippen LogP contribution in [0.2, 0.25) is 0 Å². The molecule has 0 saturated heterocycles. The van der Waals surface area contributed by atoms with Gasteiger partial charge in [0.05, 0.1) is 38.6 Å². The Hall–Kier alpha value is -8.18. The van der Waals surface area contributed by atoms with Gasteiger partial charge in [0.1, 0.15) is 11.2 Å². The lowest BCUT2D eigenvalue weighted by Crippen LogP contribution is -2.74. The molecule has 0 bridgehead atoms. The van der Waals surface area contributed by atoms with Crippen LogP contribution in [0.25, 0.3) is 88.1 Å². The minimum atomic E-state index is -3.17. The van der Waals surface area contributed by atoms with Crippen molar-refractivity contribution in [1.29, 1.82) is 0 Å². The summed E-state index contributed by atoms with van der Waals surface area (Å²) in [6.07, 6.45) is 0. The van der Waals surface area contributed by atoms with Gasteiger partial charge in [-0.15, -0.1) is 0 Å². The summed E-state index contributed by atoms with van der Waals surface area (Å²) in [5.74, 6) is 0. The van der Waals surface area contributed by atoms with Gasteiger partial charge in [-0.05, 0) is 68.2 Å². The molecule has 3 nitrogen and oxygen atoms in total. The van der Waals surface area contributed by atoms with Crippen molar-refractivity contribution >= 4 is 94.4 Å². The minimum absolute atomic E-state index is 0.0925. The molecule has 300 valence electrons. The zero-order valence-corrected chi connectivity index (χ0v) is 35.6. The van der Waals surface area contributed by atoms with E-state index >= 15 is 0 Å². The normalized spacial score (nSPS) is 12.9. The molecule has 0 spiro atoms. The second-order valence-electron chi connectivity index (χ2n) is 16.5. The lowest BCUT2D eigenvalue weighted by Gasteiger charge is -2.35. The molecule has 4 heteroatoms. The van der Waals surface area contributed by atoms with E-state index in [1.165, 1.54) is 15.6 Å². The Kier molecular flexibility index (Phi) is 7.34. The molecule has 0 N–H and O–H groups in total. The number of para-hydroxylation sites is 4. The van der Waals surface area contributed by atoms with E-state index in [4.69, 9.17) is 4.42 Å². The summed E-state index contributed by atoms with van der Waals surface area (Å²) in [5.41, 5.74) is 8.30. The van der Waals surface area contributed by atoms with Gasteiger partial charge in [0.15, 0.2) is 8.07 Å². The van der Waals surface area contributed by atoms with E-state index in [0.29, 0.717) is 27.5 Å². The Morgan fingerprint density at radius 1 is 0.375 bits per heavy atom. The summed E-state index contributed by atoms with van der Waals surface area (Å²) in [4.78, 5) is 0. The van der Waals surface area contributed by atoms with Crippen LogP contribution >= 0.6 is 0 Å². The van der Waals surface area contributed by atoms with E-state index in [1.807, 2.05) is 36.4 Å². The van der Waals surface area contributed by atoms with Crippen molar-refractivity contribution in [3.8, 4) is 22.5 Å². The molecule has 0 fully saturated rings. The van der Waals surface area contributed by atoms with Crippen molar-refractivity contribution in [2.45, 2.75) is 0 Å². The molecule has 0 aliphatic heterocycles. The van der Waals surface area contributed by atoms with Crippen LogP contribution < -0.4 is 20.7 Å². The fraction of sp³-hybridized carbons (Fsp3) is 0. The third-order valence-corrected chi connectivity index (χ3v) is 17.9. The molecule has 0 unspecified atom stereocenters. The highest BCUT2D eigenvalue weighted by Crippen LogP contribution is 2.45. The summed E-state index contributed by atoms with van der Waals surface area (Å²) in [6.45, 7) is 0. The zero-order valence-electron chi connectivity index (χ0n) is 38.6. The summed E-state index contributed by atoms with van der Waals surface area (Å²) >= 11 is 0. The van der Waals surface area contributed by atoms with Crippen molar-refractivity contribution in [3.63, 3.8) is 0 Å². The van der Waals surface area contributed by atoms with E-state index in [2.05, 4.69) is 191 Å². The zero-order chi connectivity index (χ0) is 45.7. The maximum absolute atomic E-state index is 9.84. The highest BCUT2D eigenvalue weighted by atomic mass is 28.3. The Morgan fingerprint density at radius 2 is 0.922 bits per heavy atom. The van der Waals surface area contributed by atoms with E-state index in [0.717, 1.165) is 65.8 Å². The molecular formula is C60H40N2OSi. The Bertz CT molecular complexity index is 4050. The third kappa shape index (κ3) is 5.33. The number of benzene rings is 10. The molecule has 3 heterocycles. The van der Waals surface area contributed by atoms with Crippen LogP contribution in [0.4, 0.5) is 0 Å². The number of furan rings is 1. The van der Waals surface area contributed by atoms with Gasteiger partial charge in [-0.2, -0.15) is 0 Å².